The largest absolute Gasteiger partial charge is 0.388 e. The van der Waals surface area contributed by atoms with Gasteiger partial charge < -0.3 is 15.7 Å². The molecule has 3 heteroatoms. The molecule has 1 saturated heterocycles. The van der Waals surface area contributed by atoms with Crippen LogP contribution in [0.25, 0.3) is 0 Å². The van der Waals surface area contributed by atoms with E-state index >= 15 is 0 Å². The third kappa shape index (κ3) is 2.61. The van der Waals surface area contributed by atoms with Crippen LogP contribution in [0.5, 0.6) is 0 Å². The normalized spacial score (nSPS) is 26.2. The van der Waals surface area contributed by atoms with Gasteiger partial charge in [0, 0.05) is 26.1 Å². The van der Waals surface area contributed by atoms with E-state index in [9.17, 15) is 5.11 Å². The molecule has 0 bridgehead atoms. The lowest BCUT2D eigenvalue weighted by Crippen LogP contribution is -2.34. The highest BCUT2D eigenvalue weighted by Crippen LogP contribution is 2.24. The molecule has 0 radical (unpaired) electrons. The molecule has 1 aliphatic rings. The van der Waals surface area contributed by atoms with Crippen LogP contribution in [0.4, 0.5) is 0 Å². The first-order chi connectivity index (χ1) is 7.61. The Morgan fingerprint density at radius 1 is 1.44 bits per heavy atom. The fraction of sp³-hybridized carbons (Fsp3) is 0.538. The van der Waals surface area contributed by atoms with Crippen molar-refractivity contribution in [1.29, 1.82) is 0 Å². The smallest absolute Gasteiger partial charge is 0.0826 e. The molecule has 0 aromatic heterocycles. The van der Waals surface area contributed by atoms with Crippen LogP contribution < -0.4 is 5.73 Å². The number of hydrogen-bond donors (Lipinski definition) is 2. The lowest BCUT2D eigenvalue weighted by molar-refractivity contribution is 0.0523. The van der Waals surface area contributed by atoms with Gasteiger partial charge in [-0.05, 0) is 24.6 Å². The molecule has 2 rings (SSSR count). The summed E-state index contributed by atoms with van der Waals surface area (Å²) >= 11 is 0. The van der Waals surface area contributed by atoms with Crippen LogP contribution >= 0.6 is 0 Å². The number of hydrogen-bond acceptors (Lipinski definition) is 3. The Morgan fingerprint density at radius 3 is 2.81 bits per heavy atom. The topological polar surface area (TPSA) is 49.5 Å². The first kappa shape index (κ1) is 11.6. The molecule has 1 fully saturated rings. The van der Waals surface area contributed by atoms with E-state index in [-0.39, 0.29) is 0 Å². The van der Waals surface area contributed by atoms with Gasteiger partial charge in [-0.25, -0.2) is 0 Å². The zero-order chi connectivity index (χ0) is 11.6. The van der Waals surface area contributed by atoms with Crippen molar-refractivity contribution in [2.75, 3.05) is 20.1 Å². The molecule has 1 atom stereocenters. The SMILES string of the molecule is CN1CCC(O)(Cc2cccc(CN)c2)C1. The summed E-state index contributed by atoms with van der Waals surface area (Å²) in [5.41, 5.74) is 7.37. The summed E-state index contributed by atoms with van der Waals surface area (Å²) in [6.07, 6.45) is 1.58. The van der Waals surface area contributed by atoms with Gasteiger partial charge in [0.1, 0.15) is 0 Å². The molecule has 1 heterocycles. The Balaban J connectivity index is 2.08. The minimum absolute atomic E-state index is 0.554. The summed E-state index contributed by atoms with van der Waals surface area (Å²) in [5, 5.41) is 10.4. The van der Waals surface area contributed by atoms with Crippen molar-refractivity contribution >= 4 is 0 Å². The summed E-state index contributed by atoms with van der Waals surface area (Å²) in [5.74, 6) is 0. The van der Waals surface area contributed by atoms with Gasteiger partial charge in [-0.15, -0.1) is 0 Å². The average molecular weight is 220 g/mol. The number of nitrogens with zero attached hydrogens (tertiary/aromatic N) is 1. The zero-order valence-electron chi connectivity index (χ0n) is 9.82. The summed E-state index contributed by atoms with van der Waals surface area (Å²) in [4.78, 5) is 2.17. The summed E-state index contributed by atoms with van der Waals surface area (Å²) in [6.45, 7) is 2.30. The molecule has 0 saturated carbocycles. The van der Waals surface area contributed by atoms with E-state index in [1.165, 1.54) is 5.56 Å². The fourth-order valence-electron chi connectivity index (χ4n) is 2.45. The number of nitrogens with two attached hydrogens (primary N) is 1. The molecule has 1 aliphatic heterocycles. The van der Waals surface area contributed by atoms with Crippen LogP contribution in [0.3, 0.4) is 0 Å². The maximum Gasteiger partial charge on any atom is 0.0826 e. The Labute approximate surface area is 96.9 Å². The minimum atomic E-state index is -0.554. The summed E-state index contributed by atoms with van der Waals surface area (Å²) in [6, 6.07) is 8.19. The number of likely N-dealkylation sites (N-methyl/N-ethyl adjacent to an activating group) is 1. The number of rotatable bonds is 3. The maximum absolute atomic E-state index is 10.4. The molecule has 1 unspecified atom stereocenters. The van der Waals surface area contributed by atoms with Gasteiger partial charge in [0.15, 0.2) is 0 Å². The molecule has 16 heavy (non-hydrogen) atoms. The first-order valence-electron chi connectivity index (χ1n) is 5.80. The van der Waals surface area contributed by atoms with Crippen LogP contribution in [0.15, 0.2) is 24.3 Å². The Hall–Kier alpha value is -0.900. The molecule has 88 valence electrons. The van der Waals surface area contributed by atoms with E-state index in [0.29, 0.717) is 6.54 Å². The van der Waals surface area contributed by atoms with Crippen molar-refractivity contribution in [3.63, 3.8) is 0 Å². The lowest BCUT2D eigenvalue weighted by atomic mass is 9.93. The standard InChI is InChI=1S/C13H20N2O/c1-15-6-5-13(16,10-15)8-11-3-2-4-12(7-11)9-14/h2-4,7,16H,5-6,8-10,14H2,1H3. The number of β-amino-alcohol motifs (C(OH)–C–C–N with tert-alkyl or cyclic N) is 1. The predicted molar refractivity (Wildman–Crippen MR) is 65.1 cm³/mol. The van der Waals surface area contributed by atoms with Crippen LogP contribution in [-0.4, -0.2) is 35.7 Å². The second kappa shape index (κ2) is 4.53. The van der Waals surface area contributed by atoms with Crippen molar-refractivity contribution in [2.45, 2.75) is 25.0 Å². The monoisotopic (exact) mass is 220 g/mol. The second-order valence-corrected chi connectivity index (χ2v) is 4.91. The third-order valence-corrected chi connectivity index (χ3v) is 3.28. The molecule has 1 aromatic rings. The van der Waals surface area contributed by atoms with Gasteiger partial charge in [0.2, 0.25) is 0 Å². The molecule has 3 N–H and O–H groups in total. The highest BCUT2D eigenvalue weighted by Gasteiger charge is 2.34. The fourth-order valence-corrected chi connectivity index (χ4v) is 2.45. The highest BCUT2D eigenvalue weighted by molar-refractivity contribution is 5.25. The van der Waals surface area contributed by atoms with Crippen molar-refractivity contribution < 1.29 is 5.11 Å². The lowest BCUT2D eigenvalue weighted by Gasteiger charge is -2.22. The van der Waals surface area contributed by atoms with Gasteiger partial charge in [-0.3, -0.25) is 0 Å². The van der Waals surface area contributed by atoms with Gasteiger partial charge in [0.05, 0.1) is 5.60 Å². The van der Waals surface area contributed by atoms with Gasteiger partial charge >= 0.3 is 0 Å². The average Bonchev–Trinajstić information content (AvgIpc) is 2.58. The van der Waals surface area contributed by atoms with Crippen molar-refractivity contribution in [3.05, 3.63) is 35.4 Å². The van der Waals surface area contributed by atoms with E-state index in [4.69, 9.17) is 5.73 Å². The maximum atomic E-state index is 10.4. The zero-order valence-corrected chi connectivity index (χ0v) is 9.82. The Kier molecular flexibility index (Phi) is 3.28. The molecule has 0 spiro atoms. The highest BCUT2D eigenvalue weighted by atomic mass is 16.3. The van der Waals surface area contributed by atoms with Crippen LogP contribution in [0.2, 0.25) is 0 Å². The molecular formula is C13H20N2O. The predicted octanol–water partition coefficient (Wildman–Crippen LogP) is 0.754. The Morgan fingerprint density at radius 2 is 2.19 bits per heavy atom. The quantitative estimate of drug-likeness (QED) is 0.790. The first-order valence-corrected chi connectivity index (χ1v) is 5.80. The van der Waals surface area contributed by atoms with Gasteiger partial charge in [-0.2, -0.15) is 0 Å². The van der Waals surface area contributed by atoms with E-state index < -0.39 is 5.60 Å². The molecule has 1 aromatic carbocycles. The Bertz CT molecular complexity index is 367. The molecular weight excluding hydrogens is 200 g/mol. The molecule has 0 amide bonds. The van der Waals surface area contributed by atoms with Gasteiger partial charge in [-0.1, -0.05) is 24.3 Å². The van der Waals surface area contributed by atoms with Crippen LogP contribution in [0.1, 0.15) is 17.5 Å². The molecule has 3 nitrogen and oxygen atoms in total. The van der Waals surface area contributed by atoms with E-state index in [1.54, 1.807) is 0 Å². The second-order valence-electron chi connectivity index (χ2n) is 4.91. The molecule has 0 aliphatic carbocycles. The van der Waals surface area contributed by atoms with E-state index in [2.05, 4.69) is 17.0 Å². The number of benzene rings is 1. The van der Waals surface area contributed by atoms with Crippen molar-refractivity contribution in [3.8, 4) is 0 Å². The summed E-state index contributed by atoms with van der Waals surface area (Å²) in [7, 11) is 2.05. The minimum Gasteiger partial charge on any atom is -0.388 e. The van der Waals surface area contributed by atoms with E-state index in [1.807, 2.05) is 19.2 Å². The van der Waals surface area contributed by atoms with Crippen LogP contribution in [0, 0.1) is 0 Å². The number of likely N-dealkylation sites (tertiary alicyclic amines) is 1. The van der Waals surface area contributed by atoms with Crippen LogP contribution in [-0.2, 0) is 13.0 Å². The summed E-state index contributed by atoms with van der Waals surface area (Å²) < 4.78 is 0. The van der Waals surface area contributed by atoms with Gasteiger partial charge in [0.25, 0.3) is 0 Å². The van der Waals surface area contributed by atoms with Crippen molar-refractivity contribution in [1.82, 2.24) is 4.90 Å². The number of aliphatic hydroxyl groups is 1. The third-order valence-electron chi connectivity index (χ3n) is 3.28. The van der Waals surface area contributed by atoms with Crippen molar-refractivity contribution in [2.24, 2.45) is 5.73 Å². The van der Waals surface area contributed by atoms with E-state index in [0.717, 1.165) is 31.5 Å².